The largest absolute Gasteiger partial charge is 0.444 e. The minimum atomic E-state index is -0.426. The van der Waals surface area contributed by atoms with E-state index in [1.807, 2.05) is 20.8 Å². The van der Waals surface area contributed by atoms with Crippen molar-refractivity contribution < 1.29 is 9.53 Å². The Morgan fingerprint density at radius 2 is 1.86 bits per heavy atom. The van der Waals surface area contributed by atoms with E-state index in [1.54, 1.807) is 0 Å². The summed E-state index contributed by atoms with van der Waals surface area (Å²) in [5.41, 5.74) is 1.07. The topological polar surface area (TPSA) is 38.3 Å². The van der Waals surface area contributed by atoms with Gasteiger partial charge in [-0.05, 0) is 65.2 Å². The maximum Gasteiger partial charge on any atom is 0.407 e. The van der Waals surface area contributed by atoms with Crippen molar-refractivity contribution in [2.75, 3.05) is 6.54 Å². The molecular weight excluding hydrogens is 274 g/mol. The van der Waals surface area contributed by atoms with Crippen molar-refractivity contribution in [2.45, 2.75) is 86.2 Å². The fraction of sp³-hybridized carbons (Fsp3) is 0.842. The van der Waals surface area contributed by atoms with Gasteiger partial charge in [0.15, 0.2) is 0 Å². The Hall–Kier alpha value is -0.990. The van der Waals surface area contributed by atoms with Gasteiger partial charge in [-0.3, -0.25) is 0 Å². The van der Waals surface area contributed by atoms with Gasteiger partial charge < -0.3 is 10.1 Å². The molecule has 2 unspecified atom stereocenters. The Labute approximate surface area is 137 Å². The van der Waals surface area contributed by atoms with Crippen LogP contribution in [0.15, 0.2) is 11.6 Å². The van der Waals surface area contributed by atoms with Crippen molar-refractivity contribution in [3.63, 3.8) is 0 Å². The fourth-order valence-corrected chi connectivity index (χ4v) is 2.07. The molecule has 0 saturated heterocycles. The summed E-state index contributed by atoms with van der Waals surface area (Å²) in [6.07, 6.45) is 7.98. The number of hydrogen-bond donors (Lipinski definition) is 1. The van der Waals surface area contributed by atoms with E-state index in [2.05, 4.69) is 39.1 Å². The molecule has 0 aliphatic heterocycles. The normalized spacial score (nSPS) is 15.3. The van der Waals surface area contributed by atoms with E-state index in [9.17, 15) is 4.79 Å². The first kappa shape index (κ1) is 21.0. The Bertz CT molecular complexity index is 342. The zero-order valence-corrected chi connectivity index (χ0v) is 15.8. The summed E-state index contributed by atoms with van der Waals surface area (Å²) in [5.74, 6) is 1.27. The van der Waals surface area contributed by atoms with E-state index in [0.717, 1.165) is 18.8 Å². The second-order valence-electron chi connectivity index (χ2n) is 7.68. The maximum atomic E-state index is 11.6. The Balaban J connectivity index is 3.81. The Kier molecular flexibility index (Phi) is 10.2. The van der Waals surface area contributed by atoms with Crippen LogP contribution >= 0.6 is 0 Å². The molecule has 0 bridgehead atoms. The number of amides is 1. The highest BCUT2D eigenvalue weighted by Gasteiger charge is 2.16. The van der Waals surface area contributed by atoms with Crippen LogP contribution in [-0.4, -0.2) is 18.2 Å². The highest BCUT2D eigenvalue weighted by Crippen LogP contribution is 2.15. The van der Waals surface area contributed by atoms with Gasteiger partial charge in [-0.2, -0.15) is 0 Å². The van der Waals surface area contributed by atoms with Crippen LogP contribution in [0, 0.1) is 11.8 Å². The molecule has 22 heavy (non-hydrogen) atoms. The Morgan fingerprint density at radius 3 is 2.41 bits per heavy atom. The van der Waals surface area contributed by atoms with Gasteiger partial charge >= 0.3 is 6.09 Å². The van der Waals surface area contributed by atoms with Gasteiger partial charge in [-0.25, -0.2) is 4.79 Å². The third-order valence-corrected chi connectivity index (χ3v) is 3.83. The van der Waals surface area contributed by atoms with Gasteiger partial charge in [0, 0.05) is 6.54 Å². The number of allylic oxidation sites excluding steroid dienone is 2. The van der Waals surface area contributed by atoms with Gasteiger partial charge in [-0.15, -0.1) is 0 Å². The highest BCUT2D eigenvalue weighted by molar-refractivity contribution is 5.67. The molecule has 0 radical (unpaired) electrons. The molecule has 0 aliphatic carbocycles. The lowest BCUT2D eigenvalue weighted by Crippen LogP contribution is -2.34. The molecule has 0 aliphatic rings. The van der Waals surface area contributed by atoms with Crippen LogP contribution in [0.25, 0.3) is 0 Å². The summed E-state index contributed by atoms with van der Waals surface area (Å²) in [6.45, 7) is 15.3. The molecule has 0 spiro atoms. The first-order valence-electron chi connectivity index (χ1n) is 8.76. The molecule has 0 heterocycles. The van der Waals surface area contributed by atoms with Gasteiger partial charge in [0.05, 0.1) is 0 Å². The SMILES string of the molecule is CCC(C)C/C=C(\C)CCCC(C)CNC(=O)OC(C)(C)C. The summed E-state index contributed by atoms with van der Waals surface area (Å²) in [5, 5.41) is 2.85. The smallest absolute Gasteiger partial charge is 0.407 e. The average Bonchev–Trinajstić information content (AvgIpc) is 2.40. The van der Waals surface area contributed by atoms with E-state index < -0.39 is 5.60 Å². The van der Waals surface area contributed by atoms with Crippen molar-refractivity contribution in [3.05, 3.63) is 11.6 Å². The molecule has 0 aromatic heterocycles. The molecule has 0 saturated carbocycles. The van der Waals surface area contributed by atoms with E-state index in [1.165, 1.54) is 24.8 Å². The number of nitrogens with one attached hydrogen (secondary N) is 1. The van der Waals surface area contributed by atoms with Crippen molar-refractivity contribution in [2.24, 2.45) is 11.8 Å². The predicted molar refractivity (Wildman–Crippen MR) is 95.1 cm³/mol. The molecule has 2 atom stereocenters. The second kappa shape index (κ2) is 10.7. The predicted octanol–water partition coefficient (Wildman–Crippen LogP) is 5.70. The third-order valence-electron chi connectivity index (χ3n) is 3.83. The van der Waals surface area contributed by atoms with Gasteiger partial charge in [-0.1, -0.05) is 38.8 Å². The van der Waals surface area contributed by atoms with Crippen molar-refractivity contribution in [3.8, 4) is 0 Å². The second-order valence-corrected chi connectivity index (χ2v) is 7.68. The van der Waals surface area contributed by atoms with Crippen LogP contribution in [0.3, 0.4) is 0 Å². The first-order valence-corrected chi connectivity index (χ1v) is 8.76. The molecule has 0 aromatic carbocycles. The quantitative estimate of drug-likeness (QED) is 0.555. The van der Waals surface area contributed by atoms with Crippen molar-refractivity contribution in [1.29, 1.82) is 0 Å². The number of carbonyl (C=O) groups excluding carboxylic acids is 1. The zero-order valence-electron chi connectivity index (χ0n) is 15.8. The van der Waals surface area contributed by atoms with E-state index in [4.69, 9.17) is 4.74 Å². The lowest BCUT2D eigenvalue weighted by Gasteiger charge is -2.20. The highest BCUT2D eigenvalue weighted by atomic mass is 16.6. The van der Waals surface area contributed by atoms with Crippen LogP contribution in [0.4, 0.5) is 4.79 Å². The zero-order chi connectivity index (χ0) is 17.2. The summed E-state index contributed by atoms with van der Waals surface area (Å²) < 4.78 is 5.24. The van der Waals surface area contributed by atoms with Gasteiger partial charge in [0.25, 0.3) is 0 Å². The lowest BCUT2D eigenvalue weighted by atomic mass is 9.99. The molecule has 0 fully saturated rings. The van der Waals surface area contributed by atoms with Crippen molar-refractivity contribution >= 4 is 6.09 Å². The fourth-order valence-electron chi connectivity index (χ4n) is 2.07. The monoisotopic (exact) mass is 311 g/mol. The molecule has 1 N–H and O–H groups in total. The Morgan fingerprint density at radius 1 is 1.23 bits per heavy atom. The van der Waals surface area contributed by atoms with Crippen LogP contribution < -0.4 is 5.32 Å². The van der Waals surface area contributed by atoms with Crippen LogP contribution in [0.5, 0.6) is 0 Å². The molecule has 0 aromatic rings. The minimum absolute atomic E-state index is 0.316. The molecular formula is C19H37NO2. The minimum Gasteiger partial charge on any atom is -0.444 e. The van der Waals surface area contributed by atoms with E-state index in [-0.39, 0.29) is 6.09 Å². The van der Waals surface area contributed by atoms with E-state index in [0.29, 0.717) is 12.5 Å². The van der Waals surface area contributed by atoms with Crippen LogP contribution in [-0.2, 0) is 4.74 Å². The number of carbonyl (C=O) groups is 1. The molecule has 0 rings (SSSR count). The third kappa shape index (κ3) is 12.7. The molecule has 1 amide bonds. The molecule has 3 nitrogen and oxygen atoms in total. The summed E-state index contributed by atoms with van der Waals surface area (Å²) in [7, 11) is 0. The van der Waals surface area contributed by atoms with Crippen molar-refractivity contribution in [1.82, 2.24) is 5.32 Å². The molecule has 130 valence electrons. The van der Waals surface area contributed by atoms with Crippen LogP contribution in [0.1, 0.15) is 80.6 Å². The van der Waals surface area contributed by atoms with Gasteiger partial charge in [0.2, 0.25) is 0 Å². The number of rotatable bonds is 9. The van der Waals surface area contributed by atoms with Gasteiger partial charge in [0.1, 0.15) is 5.60 Å². The summed E-state index contributed by atoms with van der Waals surface area (Å²) in [6, 6.07) is 0. The van der Waals surface area contributed by atoms with E-state index >= 15 is 0 Å². The first-order chi connectivity index (χ1) is 10.1. The lowest BCUT2D eigenvalue weighted by molar-refractivity contribution is 0.0519. The number of hydrogen-bond acceptors (Lipinski definition) is 2. The number of alkyl carbamates (subject to hydrolysis) is 1. The maximum absolute atomic E-state index is 11.6. The summed E-state index contributed by atoms with van der Waals surface area (Å²) >= 11 is 0. The van der Waals surface area contributed by atoms with Crippen LogP contribution in [0.2, 0.25) is 0 Å². The standard InChI is InChI=1S/C19H37NO2/c1-8-15(2)12-13-16(3)10-9-11-17(4)14-20-18(21)22-19(5,6)7/h13,15,17H,8-12,14H2,1-7H3,(H,20,21)/b16-13+. The average molecular weight is 312 g/mol. The molecule has 3 heteroatoms. The summed E-state index contributed by atoms with van der Waals surface area (Å²) in [4.78, 5) is 11.6. The number of ether oxygens (including phenoxy) is 1.